The molecule has 2 rings (SSSR count). The summed E-state index contributed by atoms with van der Waals surface area (Å²) >= 11 is 0. The maximum atomic E-state index is 12.1. The maximum Gasteiger partial charge on any atom is 0.337 e. The first kappa shape index (κ1) is 15.0. The molecule has 1 saturated heterocycles. The molecule has 6 heteroatoms. The summed E-state index contributed by atoms with van der Waals surface area (Å²) in [7, 11) is 1.31. The third-order valence-corrected chi connectivity index (χ3v) is 3.54. The minimum atomic E-state index is -0.423. The first-order valence-corrected chi connectivity index (χ1v) is 6.82. The minimum Gasteiger partial charge on any atom is -0.465 e. The fourth-order valence-corrected chi connectivity index (χ4v) is 2.31. The van der Waals surface area contributed by atoms with Crippen molar-refractivity contribution in [2.75, 3.05) is 25.5 Å². The lowest BCUT2D eigenvalue weighted by atomic mass is 10.1. The molecule has 21 heavy (non-hydrogen) atoms. The summed E-state index contributed by atoms with van der Waals surface area (Å²) in [6.45, 7) is 2.97. The molecule has 1 fully saturated rings. The van der Waals surface area contributed by atoms with Crippen LogP contribution < -0.4 is 5.32 Å². The fourth-order valence-electron chi connectivity index (χ4n) is 2.31. The average Bonchev–Trinajstić information content (AvgIpc) is 2.88. The van der Waals surface area contributed by atoms with Gasteiger partial charge in [0.2, 0.25) is 11.8 Å². The number of nitrogens with one attached hydrogen (secondary N) is 1. The lowest BCUT2D eigenvalue weighted by Crippen LogP contribution is -2.28. The van der Waals surface area contributed by atoms with Gasteiger partial charge in [-0.15, -0.1) is 0 Å². The second kappa shape index (κ2) is 6.39. The van der Waals surface area contributed by atoms with Crippen molar-refractivity contribution in [2.24, 2.45) is 5.92 Å². The van der Waals surface area contributed by atoms with Crippen LogP contribution in [0.2, 0.25) is 0 Å². The molecule has 1 N–H and O–H groups in total. The Labute approximate surface area is 123 Å². The second-order valence-electron chi connectivity index (χ2n) is 4.89. The van der Waals surface area contributed by atoms with Gasteiger partial charge >= 0.3 is 5.97 Å². The van der Waals surface area contributed by atoms with Crippen molar-refractivity contribution in [2.45, 2.75) is 13.3 Å². The molecule has 1 heterocycles. The minimum absolute atomic E-state index is 0.0127. The first-order chi connectivity index (χ1) is 10.0. The van der Waals surface area contributed by atoms with Gasteiger partial charge in [-0.1, -0.05) is 0 Å². The van der Waals surface area contributed by atoms with E-state index in [1.165, 1.54) is 7.11 Å². The third kappa shape index (κ3) is 3.39. The molecule has 1 aromatic rings. The number of methoxy groups -OCH3 is 1. The highest BCUT2D eigenvalue weighted by atomic mass is 16.5. The van der Waals surface area contributed by atoms with Crippen LogP contribution in [0.5, 0.6) is 0 Å². The van der Waals surface area contributed by atoms with Crippen molar-refractivity contribution in [1.82, 2.24) is 4.90 Å². The molecule has 112 valence electrons. The van der Waals surface area contributed by atoms with Crippen LogP contribution >= 0.6 is 0 Å². The normalized spacial score (nSPS) is 17.7. The molecule has 1 aliphatic rings. The van der Waals surface area contributed by atoms with E-state index in [0.29, 0.717) is 24.3 Å². The average molecular weight is 290 g/mol. The van der Waals surface area contributed by atoms with Crippen LogP contribution in [0.15, 0.2) is 24.3 Å². The summed E-state index contributed by atoms with van der Waals surface area (Å²) in [5.41, 5.74) is 1.01. The van der Waals surface area contributed by atoms with Gasteiger partial charge in [-0.3, -0.25) is 9.59 Å². The smallest absolute Gasteiger partial charge is 0.337 e. The molecular weight excluding hydrogens is 272 g/mol. The molecule has 2 amide bonds. The van der Waals surface area contributed by atoms with Crippen LogP contribution in [-0.2, 0) is 14.3 Å². The molecule has 1 aliphatic heterocycles. The highest BCUT2D eigenvalue weighted by Crippen LogP contribution is 2.20. The fraction of sp³-hybridized carbons (Fsp3) is 0.400. The highest BCUT2D eigenvalue weighted by Gasteiger charge is 2.33. The van der Waals surface area contributed by atoms with E-state index in [9.17, 15) is 14.4 Å². The van der Waals surface area contributed by atoms with Gasteiger partial charge in [0.05, 0.1) is 18.6 Å². The predicted octanol–water partition coefficient (Wildman–Crippen LogP) is 1.28. The summed E-state index contributed by atoms with van der Waals surface area (Å²) < 4.78 is 4.61. The lowest BCUT2D eigenvalue weighted by Gasteiger charge is -2.13. The number of ether oxygens (including phenoxy) is 1. The molecule has 0 saturated carbocycles. The number of nitrogens with zero attached hydrogens (tertiary/aromatic N) is 1. The zero-order valence-electron chi connectivity index (χ0n) is 12.1. The van der Waals surface area contributed by atoms with Gasteiger partial charge in [-0.05, 0) is 31.2 Å². The standard InChI is InChI=1S/C15H18N2O4/c1-3-17-9-11(8-13(17)18)14(19)16-12-6-4-10(5-7-12)15(20)21-2/h4-7,11H,3,8-9H2,1-2H3,(H,16,19). The van der Waals surface area contributed by atoms with Crippen LogP contribution in [0.25, 0.3) is 0 Å². The molecule has 6 nitrogen and oxygen atoms in total. The Morgan fingerprint density at radius 2 is 2.00 bits per heavy atom. The van der Waals surface area contributed by atoms with Crippen molar-refractivity contribution in [1.29, 1.82) is 0 Å². The van der Waals surface area contributed by atoms with Crippen LogP contribution in [0.1, 0.15) is 23.7 Å². The number of carbonyl (C=O) groups is 3. The first-order valence-electron chi connectivity index (χ1n) is 6.82. The topological polar surface area (TPSA) is 75.7 Å². The van der Waals surface area contributed by atoms with Crippen molar-refractivity contribution in [3.8, 4) is 0 Å². The Hall–Kier alpha value is -2.37. The van der Waals surface area contributed by atoms with Crippen LogP contribution in [0, 0.1) is 5.92 Å². The zero-order valence-corrected chi connectivity index (χ0v) is 12.1. The Kier molecular flexibility index (Phi) is 4.57. The SMILES string of the molecule is CCN1CC(C(=O)Nc2ccc(C(=O)OC)cc2)CC1=O. The second-order valence-corrected chi connectivity index (χ2v) is 4.89. The molecule has 0 bridgehead atoms. The maximum absolute atomic E-state index is 12.1. The Morgan fingerprint density at radius 1 is 1.33 bits per heavy atom. The number of hydrogen-bond acceptors (Lipinski definition) is 4. The third-order valence-electron chi connectivity index (χ3n) is 3.54. The molecule has 0 radical (unpaired) electrons. The zero-order chi connectivity index (χ0) is 15.4. The number of esters is 1. The number of carbonyl (C=O) groups excluding carboxylic acids is 3. The number of anilines is 1. The molecule has 0 aromatic heterocycles. The number of hydrogen-bond donors (Lipinski definition) is 1. The predicted molar refractivity (Wildman–Crippen MR) is 76.8 cm³/mol. The van der Waals surface area contributed by atoms with E-state index in [-0.39, 0.29) is 24.2 Å². The van der Waals surface area contributed by atoms with Gasteiger partial charge < -0.3 is 15.0 Å². The number of rotatable bonds is 4. The van der Waals surface area contributed by atoms with Crippen molar-refractivity contribution in [3.05, 3.63) is 29.8 Å². The van der Waals surface area contributed by atoms with Gasteiger partial charge in [0, 0.05) is 25.2 Å². The van der Waals surface area contributed by atoms with Gasteiger partial charge in [0.25, 0.3) is 0 Å². The van der Waals surface area contributed by atoms with Crippen LogP contribution in [-0.4, -0.2) is 42.9 Å². The number of amides is 2. The monoisotopic (exact) mass is 290 g/mol. The summed E-state index contributed by atoms with van der Waals surface area (Å²) in [6, 6.07) is 6.44. The molecule has 1 atom stereocenters. The van der Waals surface area contributed by atoms with E-state index >= 15 is 0 Å². The molecule has 0 aliphatic carbocycles. The number of likely N-dealkylation sites (tertiary alicyclic amines) is 1. The molecular formula is C15H18N2O4. The summed E-state index contributed by atoms with van der Waals surface area (Å²) in [6.07, 6.45) is 0.250. The summed E-state index contributed by atoms with van der Waals surface area (Å²) in [5, 5.41) is 2.76. The molecule has 1 aromatic carbocycles. The van der Waals surface area contributed by atoms with Crippen molar-refractivity contribution in [3.63, 3.8) is 0 Å². The lowest BCUT2D eigenvalue weighted by molar-refractivity contribution is -0.128. The van der Waals surface area contributed by atoms with Crippen molar-refractivity contribution < 1.29 is 19.1 Å². The molecule has 0 spiro atoms. The Morgan fingerprint density at radius 3 is 2.52 bits per heavy atom. The largest absolute Gasteiger partial charge is 0.465 e. The summed E-state index contributed by atoms with van der Waals surface area (Å²) in [5.74, 6) is -0.908. The van der Waals surface area contributed by atoms with E-state index in [1.54, 1.807) is 29.2 Å². The van der Waals surface area contributed by atoms with E-state index < -0.39 is 5.97 Å². The van der Waals surface area contributed by atoms with Gasteiger partial charge in [0.15, 0.2) is 0 Å². The Bertz CT molecular complexity index is 553. The highest BCUT2D eigenvalue weighted by molar-refractivity contribution is 5.97. The van der Waals surface area contributed by atoms with E-state index in [0.717, 1.165) is 0 Å². The van der Waals surface area contributed by atoms with Crippen molar-refractivity contribution >= 4 is 23.5 Å². The van der Waals surface area contributed by atoms with Gasteiger partial charge in [0.1, 0.15) is 0 Å². The Balaban J connectivity index is 1.97. The van der Waals surface area contributed by atoms with E-state index in [2.05, 4.69) is 10.1 Å². The number of benzene rings is 1. The van der Waals surface area contributed by atoms with Crippen LogP contribution in [0.3, 0.4) is 0 Å². The van der Waals surface area contributed by atoms with Gasteiger partial charge in [-0.25, -0.2) is 4.79 Å². The van der Waals surface area contributed by atoms with E-state index in [4.69, 9.17) is 0 Å². The quantitative estimate of drug-likeness (QED) is 0.848. The van der Waals surface area contributed by atoms with Gasteiger partial charge in [-0.2, -0.15) is 0 Å². The summed E-state index contributed by atoms with van der Waals surface area (Å²) in [4.78, 5) is 36.7. The van der Waals surface area contributed by atoms with Crippen LogP contribution in [0.4, 0.5) is 5.69 Å². The van der Waals surface area contributed by atoms with E-state index in [1.807, 2.05) is 6.92 Å². The molecule has 1 unspecified atom stereocenters.